The van der Waals surface area contributed by atoms with Gasteiger partial charge in [0.25, 0.3) is 0 Å². The van der Waals surface area contributed by atoms with Crippen LogP contribution in [0.5, 0.6) is 0 Å². The molecule has 1 atom stereocenters. The third-order valence-corrected chi connectivity index (χ3v) is 2.89. The van der Waals surface area contributed by atoms with Crippen molar-refractivity contribution in [3.05, 3.63) is 28.2 Å². The second-order valence-electron chi connectivity index (χ2n) is 3.49. The van der Waals surface area contributed by atoms with Gasteiger partial charge in [0, 0.05) is 5.69 Å². The van der Waals surface area contributed by atoms with Crippen molar-refractivity contribution in [2.45, 2.75) is 6.04 Å². The van der Waals surface area contributed by atoms with Crippen molar-refractivity contribution in [2.24, 2.45) is 0 Å². The van der Waals surface area contributed by atoms with Gasteiger partial charge in [-0.15, -0.1) is 0 Å². The van der Waals surface area contributed by atoms with Crippen molar-refractivity contribution < 1.29 is 19.4 Å². The number of halogens is 2. The summed E-state index contributed by atoms with van der Waals surface area (Å²) in [6, 6.07) is 2.70. The molecule has 8 heteroatoms. The fourth-order valence-electron chi connectivity index (χ4n) is 1.22. The molecule has 0 aliphatic rings. The minimum atomic E-state index is -1.13. The van der Waals surface area contributed by atoms with Gasteiger partial charge in [0.15, 0.2) is 6.04 Å². The van der Waals surface area contributed by atoms with Gasteiger partial charge in [-0.2, -0.15) is 0 Å². The Morgan fingerprint density at radius 3 is 2.58 bits per heavy atom. The molecule has 0 aliphatic carbocycles. The molecule has 0 saturated carbocycles. The normalized spacial score (nSPS) is 11.6. The van der Waals surface area contributed by atoms with Gasteiger partial charge in [-0.1, -0.05) is 23.2 Å². The van der Waals surface area contributed by atoms with Crippen LogP contribution in [-0.2, 0) is 9.53 Å². The molecule has 0 radical (unpaired) electrons. The molecule has 0 heterocycles. The van der Waals surface area contributed by atoms with E-state index in [2.05, 4.69) is 15.4 Å². The minimum Gasteiger partial charge on any atom is -0.467 e. The number of methoxy groups -OCH3 is 1. The first-order valence-corrected chi connectivity index (χ1v) is 5.94. The standard InChI is InChI=1S/C11H12Cl2N2O4/c1-19-10(17)9(5-16)15-11(18)14-6-2-3-7(12)8(13)4-6/h2-4,9,16H,5H2,1H3,(H2,14,15,18). The Balaban J connectivity index is 2.64. The van der Waals surface area contributed by atoms with Crippen LogP contribution in [0.1, 0.15) is 0 Å². The molecule has 104 valence electrons. The molecule has 0 bridgehead atoms. The van der Waals surface area contributed by atoms with E-state index >= 15 is 0 Å². The third-order valence-electron chi connectivity index (χ3n) is 2.15. The molecule has 1 unspecified atom stereocenters. The van der Waals surface area contributed by atoms with Crippen LogP contribution in [0.15, 0.2) is 18.2 Å². The first kappa shape index (κ1) is 15.6. The molecule has 0 aromatic heterocycles. The summed E-state index contributed by atoms with van der Waals surface area (Å²) in [4.78, 5) is 22.7. The molecule has 19 heavy (non-hydrogen) atoms. The van der Waals surface area contributed by atoms with Crippen molar-refractivity contribution >= 4 is 40.9 Å². The van der Waals surface area contributed by atoms with Crippen molar-refractivity contribution in [3.8, 4) is 0 Å². The van der Waals surface area contributed by atoms with Crippen molar-refractivity contribution in [1.82, 2.24) is 5.32 Å². The fraction of sp³-hybridized carbons (Fsp3) is 0.273. The van der Waals surface area contributed by atoms with Crippen LogP contribution in [0, 0.1) is 0 Å². The monoisotopic (exact) mass is 306 g/mol. The molecular formula is C11H12Cl2N2O4. The average molecular weight is 307 g/mol. The Hall–Kier alpha value is -1.50. The molecule has 1 aromatic carbocycles. The Labute approximate surface area is 119 Å². The molecule has 3 N–H and O–H groups in total. The molecular weight excluding hydrogens is 295 g/mol. The molecule has 1 rings (SSSR count). The fourth-order valence-corrected chi connectivity index (χ4v) is 1.52. The molecule has 0 fully saturated rings. The van der Waals surface area contributed by atoms with E-state index in [0.717, 1.165) is 7.11 Å². The van der Waals surface area contributed by atoms with E-state index in [9.17, 15) is 9.59 Å². The number of ether oxygens (including phenoxy) is 1. The summed E-state index contributed by atoms with van der Waals surface area (Å²) in [6.45, 7) is -0.568. The van der Waals surface area contributed by atoms with Crippen LogP contribution in [0.3, 0.4) is 0 Å². The maximum absolute atomic E-state index is 11.6. The highest BCUT2D eigenvalue weighted by atomic mass is 35.5. The number of esters is 1. The SMILES string of the molecule is COC(=O)C(CO)NC(=O)Nc1ccc(Cl)c(Cl)c1. The lowest BCUT2D eigenvalue weighted by Crippen LogP contribution is -2.45. The average Bonchev–Trinajstić information content (AvgIpc) is 2.39. The van der Waals surface area contributed by atoms with Crippen LogP contribution in [0.2, 0.25) is 10.0 Å². The maximum Gasteiger partial charge on any atom is 0.330 e. The maximum atomic E-state index is 11.6. The number of benzene rings is 1. The molecule has 0 aliphatic heterocycles. The number of aliphatic hydroxyl groups is 1. The number of amides is 2. The zero-order chi connectivity index (χ0) is 14.4. The number of carbonyl (C=O) groups is 2. The number of hydrogen-bond donors (Lipinski definition) is 3. The zero-order valence-corrected chi connectivity index (χ0v) is 11.5. The molecule has 0 spiro atoms. The smallest absolute Gasteiger partial charge is 0.330 e. The summed E-state index contributed by atoms with van der Waals surface area (Å²) >= 11 is 11.5. The van der Waals surface area contributed by atoms with Gasteiger partial charge in [0.1, 0.15) is 0 Å². The summed E-state index contributed by atoms with van der Waals surface area (Å²) in [7, 11) is 1.16. The second kappa shape index (κ2) is 7.18. The van der Waals surface area contributed by atoms with E-state index in [4.69, 9.17) is 28.3 Å². The second-order valence-corrected chi connectivity index (χ2v) is 4.30. The topological polar surface area (TPSA) is 87.7 Å². The van der Waals surface area contributed by atoms with Crippen molar-refractivity contribution in [1.29, 1.82) is 0 Å². The van der Waals surface area contributed by atoms with E-state index in [1.165, 1.54) is 12.1 Å². The van der Waals surface area contributed by atoms with Crippen molar-refractivity contribution in [3.63, 3.8) is 0 Å². The van der Waals surface area contributed by atoms with E-state index in [-0.39, 0.29) is 5.02 Å². The van der Waals surface area contributed by atoms with Crippen LogP contribution >= 0.6 is 23.2 Å². The predicted octanol–water partition coefficient (Wildman–Crippen LogP) is 1.65. The number of anilines is 1. The van der Waals surface area contributed by atoms with Crippen LogP contribution in [0.25, 0.3) is 0 Å². The van der Waals surface area contributed by atoms with E-state index in [1.807, 2.05) is 0 Å². The van der Waals surface area contributed by atoms with Gasteiger partial charge < -0.3 is 20.5 Å². The molecule has 2 amide bonds. The zero-order valence-electron chi connectivity index (χ0n) is 9.94. The highest BCUT2D eigenvalue weighted by Gasteiger charge is 2.20. The van der Waals surface area contributed by atoms with Crippen molar-refractivity contribution in [2.75, 3.05) is 19.0 Å². The quantitative estimate of drug-likeness (QED) is 0.738. The largest absolute Gasteiger partial charge is 0.467 e. The first-order valence-electron chi connectivity index (χ1n) is 5.19. The molecule has 6 nitrogen and oxygen atoms in total. The Bertz CT molecular complexity index is 482. The lowest BCUT2D eigenvalue weighted by molar-refractivity contribution is -0.143. The number of carbonyl (C=O) groups excluding carboxylic acids is 2. The van der Waals surface area contributed by atoms with E-state index in [1.54, 1.807) is 6.07 Å². The molecule has 1 aromatic rings. The van der Waals surface area contributed by atoms with Gasteiger partial charge in [-0.3, -0.25) is 0 Å². The summed E-state index contributed by atoms with van der Waals surface area (Å²) in [5.74, 6) is -0.744. The Morgan fingerprint density at radius 2 is 2.05 bits per heavy atom. The first-order chi connectivity index (χ1) is 8.97. The highest BCUT2D eigenvalue weighted by molar-refractivity contribution is 6.42. The van der Waals surface area contributed by atoms with Crippen LogP contribution in [0.4, 0.5) is 10.5 Å². The third kappa shape index (κ3) is 4.59. The number of nitrogens with one attached hydrogen (secondary N) is 2. The number of hydrogen-bond acceptors (Lipinski definition) is 4. The Kier molecular flexibility index (Phi) is 5.88. The lowest BCUT2D eigenvalue weighted by atomic mass is 10.3. The number of urea groups is 1. The summed E-state index contributed by atoms with van der Waals surface area (Å²) in [5, 5.41) is 14.3. The van der Waals surface area contributed by atoms with Gasteiger partial charge in [0.05, 0.1) is 23.8 Å². The summed E-state index contributed by atoms with van der Waals surface area (Å²) in [5.41, 5.74) is 0.397. The van der Waals surface area contributed by atoms with E-state index in [0.29, 0.717) is 10.7 Å². The van der Waals surface area contributed by atoms with E-state index < -0.39 is 24.6 Å². The van der Waals surface area contributed by atoms with Gasteiger partial charge in [-0.25, -0.2) is 9.59 Å². The van der Waals surface area contributed by atoms with Crippen LogP contribution < -0.4 is 10.6 Å². The lowest BCUT2D eigenvalue weighted by Gasteiger charge is -2.14. The summed E-state index contributed by atoms with van der Waals surface area (Å²) < 4.78 is 4.41. The Morgan fingerprint density at radius 1 is 1.37 bits per heavy atom. The van der Waals surface area contributed by atoms with Crippen LogP contribution in [-0.4, -0.2) is 36.9 Å². The highest BCUT2D eigenvalue weighted by Crippen LogP contribution is 2.24. The summed E-state index contributed by atoms with van der Waals surface area (Å²) in [6.07, 6.45) is 0. The predicted molar refractivity (Wildman–Crippen MR) is 71.5 cm³/mol. The molecule has 0 saturated heterocycles. The number of rotatable bonds is 4. The van der Waals surface area contributed by atoms with Gasteiger partial charge >= 0.3 is 12.0 Å². The van der Waals surface area contributed by atoms with Gasteiger partial charge in [0.2, 0.25) is 0 Å². The number of aliphatic hydroxyl groups excluding tert-OH is 1. The van der Waals surface area contributed by atoms with Gasteiger partial charge in [-0.05, 0) is 18.2 Å². The minimum absolute atomic E-state index is 0.283.